The van der Waals surface area contributed by atoms with E-state index >= 15 is 0 Å². The highest BCUT2D eigenvalue weighted by Crippen LogP contribution is 2.32. The molecule has 1 heterocycles. The van der Waals surface area contributed by atoms with E-state index in [-0.39, 0.29) is 11.0 Å². The molecule has 0 radical (unpaired) electrons. The van der Waals surface area contributed by atoms with Crippen molar-refractivity contribution in [2.24, 2.45) is 0 Å². The van der Waals surface area contributed by atoms with Gasteiger partial charge in [-0.2, -0.15) is 5.01 Å². The van der Waals surface area contributed by atoms with Crippen LogP contribution in [0, 0.1) is 0 Å². The van der Waals surface area contributed by atoms with Crippen molar-refractivity contribution in [2.75, 3.05) is 6.54 Å². The molecule has 0 aromatic carbocycles. The molecular formula is C12H18N4O2S. The van der Waals surface area contributed by atoms with Crippen LogP contribution in [0.15, 0.2) is 12.7 Å². The minimum atomic E-state index is -0.726. The van der Waals surface area contributed by atoms with Gasteiger partial charge in [-0.3, -0.25) is 10.2 Å². The van der Waals surface area contributed by atoms with Gasteiger partial charge in [-0.1, -0.05) is 25.3 Å². The van der Waals surface area contributed by atoms with E-state index < -0.39 is 11.6 Å². The van der Waals surface area contributed by atoms with Crippen LogP contribution < -0.4 is 16.1 Å². The third-order valence-corrected chi connectivity index (χ3v) is 3.72. The molecule has 1 saturated heterocycles. The molecule has 1 spiro atoms. The van der Waals surface area contributed by atoms with Crippen LogP contribution in [0.4, 0.5) is 4.79 Å². The van der Waals surface area contributed by atoms with Crippen LogP contribution in [-0.4, -0.2) is 34.1 Å². The smallest absolute Gasteiger partial charge is 0.344 e. The van der Waals surface area contributed by atoms with Crippen molar-refractivity contribution >= 4 is 29.3 Å². The lowest BCUT2D eigenvalue weighted by atomic mass is 9.82. The number of carbonyl (C=O) groups excluding carboxylic acids is 2. The van der Waals surface area contributed by atoms with E-state index in [1.165, 1.54) is 0 Å². The summed E-state index contributed by atoms with van der Waals surface area (Å²) in [7, 11) is 0. The monoisotopic (exact) mass is 282 g/mol. The van der Waals surface area contributed by atoms with Crippen LogP contribution in [-0.2, 0) is 4.79 Å². The Kier molecular flexibility index (Phi) is 4.04. The highest BCUT2D eigenvalue weighted by Gasteiger charge is 2.51. The standard InChI is InChI=1S/C12H18N4O2S/c1-2-8-13-10(19)15-16-9(17)12(14-11(16)18)6-4-3-5-7-12/h2H,1,3-8H2,(H,14,18)(H2,13,15,19). The van der Waals surface area contributed by atoms with Crippen molar-refractivity contribution in [3.05, 3.63) is 12.7 Å². The lowest BCUT2D eigenvalue weighted by molar-refractivity contribution is -0.133. The molecule has 19 heavy (non-hydrogen) atoms. The summed E-state index contributed by atoms with van der Waals surface area (Å²) in [6.07, 6.45) is 6.06. The lowest BCUT2D eigenvalue weighted by Gasteiger charge is -2.30. The quantitative estimate of drug-likeness (QED) is 0.406. The molecule has 2 rings (SSSR count). The third kappa shape index (κ3) is 2.70. The van der Waals surface area contributed by atoms with Crippen molar-refractivity contribution in [3.63, 3.8) is 0 Å². The Bertz CT molecular complexity index is 418. The minimum Gasteiger partial charge on any atom is -0.358 e. The zero-order valence-electron chi connectivity index (χ0n) is 10.7. The number of thiocarbonyl (C=S) groups is 1. The van der Waals surface area contributed by atoms with E-state index in [2.05, 4.69) is 22.6 Å². The Morgan fingerprint density at radius 2 is 2.11 bits per heavy atom. The van der Waals surface area contributed by atoms with Gasteiger partial charge in [-0.15, -0.1) is 6.58 Å². The summed E-state index contributed by atoms with van der Waals surface area (Å²) in [6, 6.07) is -0.436. The van der Waals surface area contributed by atoms with Gasteiger partial charge in [0, 0.05) is 6.54 Å². The van der Waals surface area contributed by atoms with Crippen LogP contribution in [0.25, 0.3) is 0 Å². The normalized spacial score (nSPS) is 21.2. The summed E-state index contributed by atoms with van der Waals surface area (Å²) < 4.78 is 0. The van der Waals surface area contributed by atoms with Crippen molar-refractivity contribution in [1.29, 1.82) is 0 Å². The predicted octanol–water partition coefficient (Wildman–Crippen LogP) is 0.806. The van der Waals surface area contributed by atoms with E-state index in [1.807, 2.05) is 0 Å². The average molecular weight is 282 g/mol. The summed E-state index contributed by atoms with van der Waals surface area (Å²) in [5.74, 6) is -0.236. The van der Waals surface area contributed by atoms with Gasteiger partial charge in [0.25, 0.3) is 5.91 Å². The Balaban J connectivity index is 2.02. The number of hydrazine groups is 1. The molecule has 6 nitrogen and oxygen atoms in total. The third-order valence-electron chi connectivity index (χ3n) is 3.49. The molecular weight excluding hydrogens is 264 g/mol. The zero-order valence-corrected chi connectivity index (χ0v) is 11.5. The molecule has 0 atom stereocenters. The van der Waals surface area contributed by atoms with E-state index in [0.717, 1.165) is 24.3 Å². The first-order valence-electron chi connectivity index (χ1n) is 6.41. The SMILES string of the molecule is C=CCNC(=S)NN1C(=O)NC2(CCCCC2)C1=O. The van der Waals surface area contributed by atoms with E-state index in [1.54, 1.807) is 6.08 Å². The van der Waals surface area contributed by atoms with Crippen molar-refractivity contribution < 1.29 is 9.59 Å². The second-order valence-electron chi connectivity index (χ2n) is 4.82. The molecule has 0 aromatic rings. The number of imide groups is 1. The second-order valence-corrected chi connectivity index (χ2v) is 5.23. The highest BCUT2D eigenvalue weighted by molar-refractivity contribution is 7.80. The fourth-order valence-electron chi connectivity index (χ4n) is 2.52. The van der Waals surface area contributed by atoms with Gasteiger partial charge in [0.1, 0.15) is 5.54 Å². The van der Waals surface area contributed by atoms with Crippen molar-refractivity contribution in [2.45, 2.75) is 37.6 Å². The summed E-state index contributed by atoms with van der Waals surface area (Å²) >= 11 is 5.01. The fraction of sp³-hybridized carbons (Fsp3) is 0.583. The lowest BCUT2D eigenvalue weighted by Crippen LogP contribution is -2.52. The number of amides is 3. The molecule has 1 aliphatic carbocycles. The van der Waals surface area contributed by atoms with Crippen LogP contribution in [0.2, 0.25) is 0 Å². The van der Waals surface area contributed by atoms with Gasteiger partial charge in [-0.05, 0) is 25.1 Å². The van der Waals surface area contributed by atoms with E-state index in [9.17, 15) is 9.59 Å². The number of hydrogen-bond donors (Lipinski definition) is 3. The van der Waals surface area contributed by atoms with Crippen LogP contribution in [0.1, 0.15) is 32.1 Å². The van der Waals surface area contributed by atoms with Gasteiger partial charge in [0.2, 0.25) is 0 Å². The van der Waals surface area contributed by atoms with Crippen LogP contribution in [0.5, 0.6) is 0 Å². The molecule has 0 aromatic heterocycles. The van der Waals surface area contributed by atoms with Crippen LogP contribution in [0.3, 0.4) is 0 Å². The van der Waals surface area contributed by atoms with Crippen molar-refractivity contribution in [3.8, 4) is 0 Å². The van der Waals surface area contributed by atoms with Gasteiger partial charge in [-0.25, -0.2) is 4.79 Å². The number of nitrogens with one attached hydrogen (secondary N) is 3. The van der Waals surface area contributed by atoms with E-state index in [4.69, 9.17) is 12.2 Å². The first-order chi connectivity index (χ1) is 9.09. The van der Waals surface area contributed by atoms with Crippen LogP contribution >= 0.6 is 12.2 Å². The van der Waals surface area contributed by atoms with E-state index in [0.29, 0.717) is 19.4 Å². The minimum absolute atomic E-state index is 0.233. The first kappa shape index (κ1) is 13.8. The Morgan fingerprint density at radius 1 is 1.42 bits per heavy atom. The maximum atomic E-state index is 12.4. The molecule has 3 N–H and O–H groups in total. The summed E-state index contributed by atoms with van der Waals surface area (Å²) in [4.78, 5) is 24.3. The van der Waals surface area contributed by atoms with Gasteiger partial charge in [0.15, 0.2) is 5.11 Å². The maximum absolute atomic E-state index is 12.4. The molecule has 1 saturated carbocycles. The number of carbonyl (C=O) groups is 2. The Labute approximate surface area is 117 Å². The second kappa shape index (κ2) is 5.56. The van der Waals surface area contributed by atoms with Gasteiger partial charge < -0.3 is 10.6 Å². The number of hydrogen-bond acceptors (Lipinski definition) is 3. The summed E-state index contributed by atoms with van der Waals surface area (Å²) in [5, 5.41) is 6.83. The molecule has 0 unspecified atom stereocenters. The van der Waals surface area contributed by atoms with Crippen molar-refractivity contribution in [1.82, 2.24) is 21.1 Å². The molecule has 2 aliphatic rings. The molecule has 1 aliphatic heterocycles. The fourth-order valence-corrected chi connectivity index (χ4v) is 2.70. The molecule has 7 heteroatoms. The highest BCUT2D eigenvalue weighted by atomic mass is 32.1. The Hall–Kier alpha value is -1.63. The molecule has 0 bridgehead atoms. The largest absolute Gasteiger partial charge is 0.358 e. The summed E-state index contributed by atoms with van der Waals surface area (Å²) in [5.41, 5.74) is 1.90. The molecule has 3 amide bonds. The number of rotatable bonds is 3. The van der Waals surface area contributed by atoms with Gasteiger partial charge in [0.05, 0.1) is 0 Å². The average Bonchev–Trinajstić information content (AvgIpc) is 2.62. The first-order valence-corrected chi connectivity index (χ1v) is 6.82. The molecule has 104 valence electrons. The topological polar surface area (TPSA) is 73.5 Å². The number of nitrogens with zero attached hydrogens (tertiary/aromatic N) is 1. The zero-order chi connectivity index (χ0) is 13.9. The Morgan fingerprint density at radius 3 is 2.74 bits per heavy atom. The summed E-state index contributed by atoms with van der Waals surface area (Å²) in [6.45, 7) is 4.03. The number of urea groups is 1. The molecule has 2 fully saturated rings. The van der Waals surface area contributed by atoms with Gasteiger partial charge >= 0.3 is 6.03 Å². The predicted molar refractivity (Wildman–Crippen MR) is 75.1 cm³/mol. The maximum Gasteiger partial charge on any atom is 0.344 e.